The lowest BCUT2D eigenvalue weighted by Crippen LogP contribution is -2.06. The van der Waals surface area contributed by atoms with Crippen molar-refractivity contribution in [1.29, 1.82) is 0 Å². The van der Waals surface area contributed by atoms with Crippen molar-refractivity contribution in [3.8, 4) is 22.6 Å². The number of benzene rings is 3. The van der Waals surface area contributed by atoms with Gasteiger partial charge in [0.25, 0.3) is 0 Å². The number of hydrogen-bond donors (Lipinski definition) is 0. The summed E-state index contributed by atoms with van der Waals surface area (Å²) in [5.41, 5.74) is 0.154. The van der Waals surface area contributed by atoms with Gasteiger partial charge in [0.05, 0.1) is 17.7 Å². The summed E-state index contributed by atoms with van der Waals surface area (Å²) in [6, 6.07) is 17.2. The summed E-state index contributed by atoms with van der Waals surface area (Å²) < 4.78 is 35.6. The predicted octanol–water partition coefficient (Wildman–Crippen LogP) is 5.95. The lowest BCUT2D eigenvalue weighted by Gasteiger charge is -2.10. The van der Waals surface area contributed by atoms with Crippen LogP contribution in [0.4, 0.5) is 4.39 Å². The lowest BCUT2D eigenvalue weighted by atomic mass is 10.0. The standard InChI is InChI=1S/C26H16ClFO6/c1-31-15-7-8-17-18(12-25(29)33-24(17)10-15)19-9-14-5-6-16(11-23(14)34-26(19)30)32-13-20-21(27)3-2-4-22(20)28/h2-12H,13H2,1H3. The lowest BCUT2D eigenvalue weighted by molar-refractivity contribution is 0.300. The first-order valence-corrected chi connectivity index (χ1v) is 10.6. The van der Waals surface area contributed by atoms with Crippen molar-refractivity contribution in [1.82, 2.24) is 0 Å². The molecule has 5 rings (SSSR count). The second kappa shape index (κ2) is 8.68. The Bertz CT molecular complexity index is 1650. The van der Waals surface area contributed by atoms with E-state index < -0.39 is 17.1 Å². The Hall–Kier alpha value is -4.10. The number of hydrogen-bond acceptors (Lipinski definition) is 6. The van der Waals surface area contributed by atoms with Gasteiger partial charge in [-0.25, -0.2) is 14.0 Å². The molecule has 0 fully saturated rings. The topological polar surface area (TPSA) is 78.9 Å². The van der Waals surface area contributed by atoms with Crippen LogP contribution in [0.25, 0.3) is 33.1 Å². The average Bonchev–Trinajstić information content (AvgIpc) is 2.82. The third-order valence-electron chi connectivity index (χ3n) is 5.39. The molecule has 5 aromatic rings. The summed E-state index contributed by atoms with van der Waals surface area (Å²) in [6.07, 6.45) is 0. The van der Waals surface area contributed by atoms with Gasteiger partial charge in [0.15, 0.2) is 0 Å². The van der Waals surface area contributed by atoms with Gasteiger partial charge in [-0.3, -0.25) is 0 Å². The SMILES string of the molecule is COc1ccc2c(-c3cc4ccc(OCc5c(F)cccc5Cl)cc4oc3=O)cc(=O)oc2c1. The van der Waals surface area contributed by atoms with Crippen LogP contribution in [0.5, 0.6) is 11.5 Å². The molecule has 0 spiro atoms. The molecule has 2 aromatic heterocycles. The van der Waals surface area contributed by atoms with Gasteiger partial charge in [-0.15, -0.1) is 0 Å². The summed E-state index contributed by atoms with van der Waals surface area (Å²) in [7, 11) is 1.50. The van der Waals surface area contributed by atoms with E-state index in [1.807, 2.05) is 0 Å². The van der Waals surface area contributed by atoms with E-state index in [0.29, 0.717) is 27.8 Å². The van der Waals surface area contributed by atoms with Crippen molar-refractivity contribution in [2.24, 2.45) is 0 Å². The zero-order valence-corrected chi connectivity index (χ0v) is 18.5. The summed E-state index contributed by atoms with van der Waals surface area (Å²) >= 11 is 6.04. The average molecular weight is 479 g/mol. The maximum absolute atomic E-state index is 14.0. The molecule has 0 unspecified atom stereocenters. The molecule has 0 atom stereocenters. The smallest absolute Gasteiger partial charge is 0.344 e. The molecule has 0 radical (unpaired) electrons. The zero-order valence-electron chi connectivity index (χ0n) is 17.8. The summed E-state index contributed by atoms with van der Waals surface area (Å²) in [6.45, 7) is -0.0887. The molecule has 0 saturated heterocycles. The molecule has 0 aliphatic rings. The minimum Gasteiger partial charge on any atom is -0.497 e. The Morgan fingerprint density at radius 1 is 0.882 bits per heavy atom. The normalized spacial score (nSPS) is 11.1. The van der Waals surface area contributed by atoms with Crippen LogP contribution >= 0.6 is 11.6 Å². The van der Waals surface area contributed by atoms with E-state index in [0.717, 1.165) is 0 Å². The minimum atomic E-state index is -0.635. The van der Waals surface area contributed by atoms with Crippen LogP contribution < -0.4 is 20.7 Å². The molecule has 170 valence electrons. The highest BCUT2D eigenvalue weighted by molar-refractivity contribution is 6.31. The first-order chi connectivity index (χ1) is 16.4. The molecule has 2 heterocycles. The van der Waals surface area contributed by atoms with Crippen LogP contribution in [0, 0.1) is 5.82 Å². The van der Waals surface area contributed by atoms with Gasteiger partial charge in [0.1, 0.15) is 35.1 Å². The number of rotatable bonds is 5. The quantitative estimate of drug-likeness (QED) is 0.291. The Balaban J connectivity index is 1.53. The molecule has 0 bridgehead atoms. The van der Waals surface area contributed by atoms with Gasteiger partial charge in [0.2, 0.25) is 0 Å². The van der Waals surface area contributed by atoms with Crippen molar-refractivity contribution in [3.63, 3.8) is 0 Å². The molecule has 0 saturated carbocycles. The summed E-state index contributed by atoms with van der Waals surface area (Å²) in [5, 5.41) is 1.43. The fourth-order valence-corrected chi connectivity index (χ4v) is 3.91. The van der Waals surface area contributed by atoms with E-state index in [1.54, 1.807) is 42.5 Å². The first-order valence-electron chi connectivity index (χ1n) is 10.2. The molecule has 0 aliphatic carbocycles. The van der Waals surface area contributed by atoms with Gasteiger partial charge >= 0.3 is 11.3 Å². The predicted molar refractivity (Wildman–Crippen MR) is 126 cm³/mol. The second-order valence-corrected chi connectivity index (χ2v) is 7.88. The van der Waals surface area contributed by atoms with Crippen molar-refractivity contribution in [3.05, 3.63) is 104 Å². The Morgan fingerprint density at radius 2 is 1.68 bits per heavy atom. The minimum absolute atomic E-state index is 0.0887. The highest BCUT2D eigenvalue weighted by Gasteiger charge is 2.15. The second-order valence-electron chi connectivity index (χ2n) is 7.48. The van der Waals surface area contributed by atoms with Crippen molar-refractivity contribution < 1.29 is 22.7 Å². The first kappa shape index (κ1) is 21.7. The molecule has 0 amide bonds. The van der Waals surface area contributed by atoms with Crippen LogP contribution in [0.3, 0.4) is 0 Å². The van der Waals surface area contributed by atoms with E-state index in [1.165, 1.54) is 31.4 Å². The zero-order chi connectivity index (χ0) is 23.8. The van der Waals surface area contributed by atoms with Gasteiger partial charge < -0.3 is 18.3 Å². The van der Waals surface area contributed by atoms with Crippen LogP contribution in [0.2, 0.25) is 5.02 Å². The van der Waals surface area contributed by atoms with Crippen LogP contribution in [-0.4, -0.2) is 7.11 Å². The molecule has 8 heteroatoms. The maximum atomic E-state index is 14.0. The van der Waals surface area contributed by atoms with E-state index >= 15 is 0 Å². The van der Waals surface area contributed by atoms with Gasteiger partial charge in [-0.1, -0.05) is 17.7 Å². The molecule has 34 heavy (non-hydrogen) atoms. The summed E-state index contributed by atoms with van der Waals surface area (Å²) in [4.78, 5) is 25.0. The molecular formula is C26H16ClFO6. The van der Waals surface area contributed by atoms with E-state index in [9.17, 15) is 14.0 Å². The van der Waals surface area contributed by atoms with Crippen LogP contribution in [-0.2, 0) is 6.61 Å². The van der Waals surface area contributed by atoms with Crippen molar-refractivity contribution >= 4 is 33.5 Å². The molecule has 6 nitrogen and oxygen atoms in total. The Labute approximate surface area is 196 Å². The number of ether oxygens (including phenoxy) is 2. The number of halogens is 2. The molecule has 3 aromatic carbocycles. The largest absolute Gasteiger partial charge is 0.497 e. The van der Waals surface area contributed by atoms with Crippen molar-refractivity contribution in [2.45, 2.75) is 6.61 Å². The van der Waals surface area contributed by atoms with Crippen molar-refractivity contribution in [2.75, 3.05) is 7.11 Å². The fraction of sp³-hybridized carbons (Fsp3) is 0.0769. The fourth-order valence-electron chi connectivity index (χ4n) is 3.69. The van der Waals surface area contributed by atoms with Crippen LogP contribution in [0.15, 0.2) is 85.2 Å². The van der Waals surface area contributed by atoms with Gasteiger partial charge in [0, 0.05) is 40.1 Å². The highest BCUT2D eigenvalue weighted by Crippen LogP contribution is 2.31. The number of methoxy groups -OCH3 is 1. The van der Waals surface area contributed by atoms with E-state index in [4.69, 9.17) is 29.9 Å². The summed E-state index contributed by atoms with van der Waals surface area (Å²) in [5.74, 6) is 0.421. The molecule has 0 aliphatic heterocycles. The van der Waals surface area contributed by atoms with E-state index in [-0.39, 0.29) is 33.9 Å². The highest BCUT2D eigenvalue weighted by atomic mass is 35.5. The number of fused-ring (bicyclic) bond motifs is 2. The third kappa shape index (κ3) is 4.02. The maximum Gasteiger partial charge on any atom is 0.344 e. The monoisotopic (exact) mass is 478 g/mol. The molecular weight excluding hydrogens is 463 g/mol. The Kier molecular flexibility index (Phi) is 5.55. The molecule has 0 N–H and O–H groups in total. The van der Waals surface area contributed by atoms with Gasteiger partial charge in [-0.2, -0.15) is 0 Å². The third-order valence-corrected chi connectivity index (χ3v) is 5.75. The Morgan fingerprint density at radius 3 is 2.47 bits per heavy atom. The van der Waals surface area contributed by atoms with Crippen LogP contribution in [0.1, 0.15) is 5.56 Å². The van der Waals surface area contributed by atoms with E-state index in [2.05, 4.69) is 0 Å². The van der Waals surface area contributed by atoms with Gasteiger partial charge in [-0.05, 0) is 42.5 Å².